The standard InChI is InChI=1S/C19H20N2O.ClH/c22-19(15-8-9-17-14(12-15)10-11-20-17)21-18-7-3-5-13-4-1-2-6-16(13)18;/h1-2,4,6,8-9,12,18,20H,3,5,7,10-11H2,(H,21,22);1H. The fourth-order valence-corrected chi connectivity index (χ4v) is 3.59. The molecule has 0 radical (unpaired) electrons. The lowest BCUT2D eigenvalue weighted by atomic mass is 9.87. The van der Waals surface area contributed by atoms with E-state index in [2.05, 4.69) is 34.9 Å². The molecule has 2 aliphatic rings. The van der Waals surface area contributed by atoms with Gasteiger partial charge in [-0.3, -0.25) is 4.79 Å². The van der Waals surface area contributed by atoms with Crippen LogP contribution in [0.15, 0.2) is 42.5 Å². The Bertz CT molecular complexity index is 729. The third-order valence-electron chi connectivity index (χ3n) is 4.75. The summed E-state index contributed by atoms with van der Waals surface area (Å²) in [5, 5.41) is 6.55. The number of fused-ring (bicyclic) bond motifs is 2. The van der Waals surface area contributed by atoms with Gasteiger partial charge in [-0.1, -0.05) is 24.3 Å². The van der Waals surface area contributed by atoms with Crippen molar-refractivity contribution in [3.8, 4) is 0 Å². The summed E-state index contributed by atoms with van der Waals surface area (Å²) in [6, 6.07) is 14.6. The minimum absolute atomic E-state index is 0. The molecule has 0 spiro atoms. The van der Waals surface area contributed by atoms with E-state index in [1.165, 1.54) is 22.4 Å². The summed E-state index contributed by atoms with van der Waals surface area (Å²) in [5.41, 5.74) is 5.84. The molecule has 23 heavy (non-hydrogen) atoms. The second-order valence-electron chi connectivity index (χ2n) is 6.17. The summed E-state index contributed by atoms with van der Waals surface area (Å²) < 4.78 is 0. The number of amides is 1. The van der Waals surface area contributed by atoms with Crippen LogP contribution in [-0.4, -0.2) is 12.5 Å². The number of carbonyl (C=O) groups excluding carboxylic acids is 1. The molecule has 1 amide bonds. The molecule has 0 fully saturated rings. The number of rotatable bonds is 2. The Kier molecular flexibility index (Phi) is 4.58. The predicted molar refractivity (Wildman–Crippen MR) is 95.5 cm³/mol. The number of anilines is 1. The van der Waals surface area contributed by atoms with Crippen molar-refractivity contribution in [1.29, 1.82) is 0 Å². The van der Waals surface area contributed by atoms with E-state index in [0.29, 0.717) is 0 Å². The van der Waals surface area contributed by atoms with E-state index in [1.807, 2.05) is 18.2 Å². The first-order chi connectivity index (χ1) is 10.8. The highest BCUT2D eigenvalue weighted by Gasteiger charge is 2.22. The molecule has 0 aromatic heterocycles. The zero-order valence-corrected chi connectivity index (χ0v) is 13.8. The average Bonchev–Trinajstić information content (AvgIpc) is 3.02. The van der Waals surface area contributed by atoms with E-state index < -0.39 is 0 Å². The maximum Gasteiger partial charge on any atom is 0.251 e. The summed E-state index contributed by atoms with van der Waals surface area (Å²) in [4.78, 5) is 12.6. The first-order valence-electron chi connectivity index (χ1n) is 8.07. The van der Waals surface area contributed by atoms with Gasteiger partial charge < -0.3 is 10.6 Å². The van der Waals surface area contributed by atoms with Crippen molar-refractivity contribution in [3.05, 3.63) is 64.7 Å². The lowest BCUT2D eigenvalue weighted by Gasteiger charge is -2.26. The number of benzene rings is 2. The Morgan fingerprint density at radius 2 is 1.96 bits per heavy atom. The summed E-state index contributed by atoms with van der Waals surface area (Å²) in [5.74, 6) is 0.0383. The fourth-order valence-electron chi connectivity index (χ4n) is 3.59. The summed E-state index contributed by atoms with van der Waals surface area (Å²) in [7, 11) is 0. The van der Waals surface area contributed by atoms with E-state index in [0.717, 1.165) is 37.8 Å². The van der Waals surface area contributed by atoms with Crippen LogP contribution < -0.4 is 10.6 Å². The van der Waals surface area contributed by atoms with Gasteiger partial charge in [0.15, 0.2) is 0 Å². The van der Waals surface area contributed by atoms with E-state index >= 15 is 0 Å². The Morgan fingerprint density at radius 1 is 1.09 bits per heavy atom. The molecule has 2 N–H and O–H groups in total. The molecule has 1 aliphatic heterocycles. The van der Waals surface area contributed by atoms with Crippen molar-refractivity contribution < 1.29 is 4.79 Å². The summed E-state index contributed by atoms with van der Waals surface area (Å²) >= 11 is 0. The van der Waals surface area contributed by atoms with E-state index in [-0.39, 0.29) is 24.4 Å². The van der Waals surface area contributed by atoms with Crippen molar-refractivity contribution in [2.45, 2.75) is 31.7 Å². The highest BCUT2D eigenvalue weighted by Crippen LogP contribution is 2.30. The van der Waals surface area contributed by atoms with Crippen LogP contribution in [-0.2, 0) is 12.8 Å². The molecule has 2 aromatic carbocycles. The maximum atomic E-state index is 12.6. The van der Waals surface area contributed by atoms with Crippen LogP contribution in [0.25, 0.3) is 0 Å². The lowest BCUT2D eigenvalue weighted by molar-refractivity contribution is 0.0932. The fraction of sp³-hybridized carbons (Fsp3) is 0.316. The highest BCUT2D eigenvalue weighted by atomic mass is 35.5. The van der Waals surface area contributed by atoms with Crippen LogP contribution in [0.2, 0.25) is 0 Å². The lowest BCUT2D eigenvalue weighted by Crippen LogP contribution is -2.31. The Labute approximate surface area is 142 Å². The third-order valence-corrected chi connectivity index (χ3v) is 4.75. The van der Waals surface area contributed by atoms with Gasteiger partial charge in [0.1, 0.15) is 0 Å². The summed E-state index contributed by atoms with van der Waals surface area (Å²) in [6.45, 7) is 0.969. The van der Waals surface area contributed by atoms with Gasteiger partial charge in [0.2, 0.25) is 0 Å². The first-order valence-corrected chi connectivity index (χ1v) is 8.07. The van der Waals surface area contributed by atoms with Crippen molar-refractivity contribution in [2.75, 3.05) is 11.9 Å². The number of hydrogen-bond donors (Lipinski definition) is 2. The van der Waals surface area contributed by atoms with Crippen molar-refractivity contribution >= 4 is 24.0 Å². The SMILES string of the molecule is Cl.O=C(NC1CCCc2ccccc21)c1ccc2c(c1)CCN2. The van der Waals surface area contributed by atoms with Gasteiger partial charge in [0.25, 0.3) is 5.91 Å². The van der Waals surface area contributed by atoms with Gasteiger partial charge in [-0.25, -0.2) is 0 Å². The predicted octanol–water partition coefficient (Wildman–Crippen LogP) is 3.88. The number of aryl methyl sites for hydroxylation is 1. The second kappa shape index (κ2) is 6.63. The van der Waals surface area contributed by atoms with Crippen LogP contribution in [0.1, 0.15) is 45.9 Å². The topological polar surface area (TPSA) is 41.1 Å². The number of hydrogen-bond acceptors (Lipinski definition) is 2. The van der Waals surface area contributed by atoms with Gasteiger partial charge in [0, 0.05) is 17.8 Å². The van der Waals surface area contributed by atoms with Crippen LogP contribution >= 0.6 is 12.4 Å². The van der Waals surface area contributed by atoms with Gasteiger partial charge in [-0.2, -0.15) is 0 Å². The molecule has 0 saturated carbocycles. The molecule has 1 atom stereocenters. The quantitative estimate of drug-likeness (QED) is 0.878. The molecule has 3 nitrogen and oxygen atoms in total. The average molecular weight is 329 g/mol. The van der Waals surface area contributed by atoms with Crippen molar-refractivity contribution in [2.24, 2.45) is 0 Å². The minimum Gasteiger partial charge on any atom is -0.384 e. The second-order valence-corrected chi connectivity index (χ2v) is 6.17. The van der Waals surface area contributed by atoms with Gasteiger partial charge >= 0.3 is 0 Å². The van der Waals surface area contributed by atoms with E-state index in [1.54, 1.807) is 0 Å². The number of carbonyl (C=O) groups is 1. The maximum absolute atomic E-state index is 12.6. The monoisotopic (exact) mass is 328 g/mol. The third kappa shape index (κ3) is 3.06. The molecule has 0 bridgehead atoms. The minimum atomic E-state index is 0. The largest absolute Gasteiger partial charge is 0.384 e. The van der Waals surface area contributed by atoms with Crippen LogP contribution in [0, 0.1) is 0 Å². The smallest absolute Gasteiger partial charge is 0.251 e. The molecule has 1 aliphatic carbocycles. The summed E-state index contributed by atoms with van der Waals surface area (Å²) in [6.07, 6.45) is 4.28. The molecule has 120 valence electrons. The van der Waals surface area contributed by atoms with E-state index in [4.69, 9.17) is 0 Å². The van der Waals surface area contributed by atoms with Crippen molar-refractivity contribution in [3.63, 3.8) is 0 Å². The first kappa shape index (κ1) is 15.9. The van der Waals surface area contributed by atoms with Gasteiger partial charge in [0.05, 0.1) is 6.04 Å². The molecule has 4 rings (SSSR count). The normalized spacial score (nSPS) is 18.2. The van der Waals surface area contributed by atoms with Gasteiger partial charge in [-0.15, -0.1) is 12.4 Å². The van der Waals surface area contributed by atoms with E-state index in [9.17, 15) is 4.79 Å². The molecular formula is C19H21ClN2O. The Hall–Kier alpha value is -2.00. The highest BCUT2D eigenvalue weighted by molar-refractivity contribution is 5.95. The molecule has 1 unspecified atom stereocenters. The van der Waals surface area contributed by atoms with Crippen molar-refractivity contribution in [1.82, 2.24) is 5.32 Å². The number of nitrogens with one attached hydrogen (secondary N) is 2. The van der Waals surface area contributed by atoms with Crippen LogP contribution in [0.4, 0.5) is 5.69 Å². The zero-order valence-electron chi connectivity index (χ0n) is 13.0. The number of halogens is 1. The molecule has 2 aromatic rings. The zero-order chi connectivity index (χ0) is 14.9. The molecule has 1 heterocycles. The molecular weight excluding hydrogens is 308 g/mol. The molecule has 0 saturated heterocycles. The molecule has 4 heteroatoms. The van der Waals surface area contributed by atoms with Gasteiger partial charge in [-0.05, 0) is 60.6 Å². The Morgan fingerprint density at radius 3 is 2.87 bits per heavy atom. The van der Waals surface area contributed by atoms with Crippen LogP contribution in [0.5, 0.6) is 0 Å². The Balaban J connectivity index is 0.00000156. The van der Waals surface area contributed by atoms with Crippen LogP contribution in [0.3, 0.4) is 0 Å².